The Kier molecular flexibility index (Phi) is 4.39. The maximum atomic E-state index is 12.8. The van der Waals surface area contributed by atoms with Gasteiger partial charge in [-0.1, -0.05) is 42.8 Å². The van der Waals surface area contributed by atoms with Gasteiger partial charge in [-0.15, -0.1) is 0 Å². The Hall–Kier alpha value is -2.26. The lowest BCUT2D eigenvalue weighted by atomic mass is 10.0. The summed E-state index contributed by atoms with van der Waals surface area (Å²) in [5, 5.41) is 0.533. The average molecular weight is 328 g/mol. The van der Waals surface area contributed by atoms with Crippen LogP contribution < -0.4 is 9.64 Å². The fourth-order valence-electron chi connectivity index (χ4n) is 2.83. The molecule has 1 aliphatic rings. The predicted octanol–water partition coefficient (Wildman–Crippen LogP) is 4.65. The summed E-state index contributed by atoms with van der Waals surface area (Å²) in [5.74, 6) is 0.666. The van der Waals surface area contributed by atoms with Gasteiger partial charge < -0.3 is 9.64 Å². The quantitative estimate of drug-likeness (QED) is 0.765. The van der Waals surface area contributed by atoms with E-state index in [1.807, 2.05) is 53.4 Å². The van der Waals surface area contributed by atoms with E-state index in [1.165, 1.54) is 0 Å². The minimum absolute atomic E-state index is 0.0417. The first-order valence-corrected chi connectivity index (χ1v) is 8.00. The minimum Gasteiger partial charge on any atom is -0.495 e. The van der Waals surface area contributed by atoms with E-state index in [2.05, 4.69) is 6.92 Å². The first-order chi connectivity index (χ1) is 11.2. The van der Waals surface area contributed by atoms with Crippen LogP contribution in [0.3, 0.4) is 0 Å². The highest BCUT2D eigenvalue weighted by atomic mass is 35.5. The topological polar surface area (TPSA) is 29.5 Å². The van der Waals surface area contributed by atoms with Gasteiger partial charge >= 0.3 is 0 Å². The molecule has 0 fully saturated rings. The standard InChI is InChI=1S/C19H18ClNO2/c1-3-10-21-17-7-5-4-6-14(17)15(19(21)22)11-13-8-9-18(23-2)16(20)12-13/h4-9,11-12H,3,10H2,1-2H3/b15-11-. The maximum Gasteiger partial charge on any atom is 0.258 e. The molecule has 3 nitrogen and oxygen atoms in total. The molecule has 0 spiro atoms. The second-order valence-electron chi connectivity index (χ2n) is 5.43. The number of halogens is 1. The van der Waals surface area contributed by atoms with Gasteiger partial charge in [-0.3, -0.25) is 4.79 Å². The van der Waals surface area contributed by atoms with Crippen LogP contribution in [0.2, 0.25) is 5.02 Å². The molecule has 0 atom stereocenters. The van der Waals surface area contributed by atoms with E-state index in [-0.39, 0.29) is 5.91 Å². The van der Waals surface area contributed by atoms with Gasteiger partial charge in [0.1, 0.15) is 5.75 Å². The molecule has 0 unspecified atom stereocenters. The molecule has 2 aromatic carbocycles. The number of nitrogens with zero attached hydrogens (tertiary/aromatic N) is 1. The molecule has 0 aliphatic carbocycles. The molecule has 0 aromatic heterocycles. The maximum absolute atomic E-state index is 12.8. The lowest BCUT2D eigenvalue weighted by Crippen LogP contribution is -2.26. The van der Waals surface area contributed by atoms with E-state index >= 15 is 0 Å². The molecule has 118 valence electrons. The van der Waals surface area contributed by atoms with Gasteiger partial charge in [-0.2, -0.15) is 0 Å². The highest BCUT2D eigenvalue weighted by Gasteiger charge is 2.31. The Morgan fingerprint density at radius 2 is 2.00 bits per heavy atom. The summed E-state index contributed by atoms with van der Waals surface area (Å²) in [7, 11) is 1.58. The fraction of sp³-hybridized carbons (Fsp3) is 0.211. The Morgan fingerprint density at radius 1 is 1.22 bits per heavy atom. The number of amides is 1. The van der Waals surface area contributed by atoms with Crippen LogP contribution in [-0.2, 0) is 4.79 Å². The number of anilines is 1. The number of hydrogen-bond donors (Lipinski definition) is 0. The Bertz CT molecular complexity index is 783. The van der Waals surface area contributed by atoms with E-state index in [4.69, 9.17) is 16.3 Å². The molecule has 2 aromatic rings. The molecular formula is C19H18ClNO2. The van der Waals surface area contributed by atoms with E-state index < -0.39 is 0 Å². The summed E-state index contributed by atoms with van der Waals surface area (Å²) in [5.41, 5.74) is 3.53. The molecule has 1 aliphatic heterocycles. The summed E-state index contributed by atoms with van der Waals surface area (Å²) in [6.45, 7) is 2.79. The average Bonchev–Trinajstić information content (AvgIpc) is 2.81. The number of fused-ring (bicyclic) bond motifs is 1. The number of carbonyl (C=O) groups excluding carboxylic acids is 1. The van der Waals surface area contributed by atoms with Crippen LogP contribution in [-0.4, -0.2) is 19.6 Å². The van der Waals surface area contributed by atoms with Crippen LogP contribution in [0.15, 0.2) is 42.5 Å². The molecule has 1 heterocycles. The number of carbonyl (C=O) groups is 1. The molecular weight excluding hydrogens is 310 g/mol. The van der Waals surface area contributed by atoms with E-state index in [1.54, 1.807) is 7.11 Å². The monoisotopic (exact) mass is 327 g/mol. The van der Waals surface area contributed by atoms with Crippen molar-refractivity contribution in [1.29, 1.82) is 0 Å². The molecule has 3 rings (SSSR count). The van der Waals surface area contributed by atoms with Crippen molar-refractivity contribution in [1.82, 2.24) is 0 Å². The Balaban J connectivity index is 2.05. The third-order valence-corrected chi connectivity index (χ3v) is 4.19. The van der Waals surface area contributed by atoms with Crippen molar-refractivity contribution in [3.05, 3.63) is 58.6 Å². The Morgan fingerprint density at radius 3 is 2.70 bits per heavy atom. The summed E-state index contributed by atoms with van der Waals surface area (Å²) in [6, 6.07) is 13.4. The van der Waals surface area contributed by atoms with Gasteiger partial charge in [0, 0.05) is 17.7 Å². The third kappa shape index (κ3) is 2.84. The van der Waals surface area contributed by atoms with Gasteiger partial charge in [0.25, 0.3) is 5.91 Å². The van der Waals surface area contributed by atoms with Gasteiger partial charge in [-0.25, -0.2) is 0 Å². The van der Waals surface area contributed by atoms with Crippen molar-refractivity contribution in [2.24, 2.45) is 0 Å². The van der Waals surface area contributed by atoms with Crippen LogP contribution in [0, 0.1) is 0 Å². The van der Waals surface area contributed by atoms with Crippen molar-refractivity contribution >= 4 is 34.8 Å². The van der Waals surface area contributed by atoms with Crippen LogP contribution >= 0.6 is 11.6 Å². The number of hydrogen-bond acceptors (Lipinski definition) is 2. The fourth-order valence-corrected chi connectivity index (χ4v) is 3.10. The van der Waals surface area contributed by atoms with E-state index in [0.29, 0.717) is 16.3 Å². The largest absolute Gasteiger partial charge is 0.495 e. The van der Waals surface area contributed by atoms with Crippen LogP contribution in [0.5, 0.6) is 5.75 Å². The SMILES string of the molecule is CCCN1C(=O)/C(=C\c2ccc(OC)c(Cl)c2)c2ccccc21. The van der Waals surface area contributed by atoms with Crippen molar-refractivity contribution in [3.63, 3.8) is 0 Å². The lowest BCUT2D eigenvalue weighted by Gasteiger charge is -2.15. The molecule has 0 bridgehead atoms. The zero-order chi connectivity index (χ0) is 16.4. The first-order valence-electron chi connectivity index (χ1n) is 7.62. The molecule has 1 amide bonds. The van der Waals surface area contributed by atoms with Crippen LogP contribution in [0.25, 0.3) is 11.6 Å². The predicted molar refractivity (Wildman–Crippen MR) is 95.0 cm³/mol. The number of para-hydroxylation sites is 1. The second-order valence-corrected chi connectivity index (χ2v) is 5.83. The molecule has 4 heteroatoms. The molecule has 0 N–H and O–H groups in total. The van der Waals surface area contributed by atoms with Crippen molar-refractivity contribution in [3.8, 4) is 5.75 Å². The molecule has 23 heavy (non-hydrogen) atoms. The summed E-state index contributed by atoms with van der Waals surface area (Å²) >= 11 is 6.18. The number of ether oxygens (including phenoxy) is 1. The van der Waals surface area contributed by atoms with Gasteiger partial charge in [0.15, 0.2) is 0 Å². The number of benzene rings is 2. The number of rotatable bonds is 4. The van der Waals surface area contributed by atoms with Gasteiger partial charge in [0.2, 0.25) is 0 Å². The lowest BCUT2D eigenvalue weighted by molar-refractivity contribution is -0.113. The van der Waals surface area contributed by atoms with E-state index in [9.17, 15) is 4.79 Å². The zero-order valence-corrected chi connectivity index (χ0v) is 13.9. The normalized spacial score (nSPS) is 15.2. The minimum atomic E-state index is 0.0417. The summed E-state index contributed by atoms with van der Waals surface area (Å²) in [6.07, 6.45) is 2.81. The van der Waals surface area contributed by atoms with Crippen LogP contribution in [0.1, 0.15) is 24.5 Å². The first kappa shape index (κ1) is 15.6. The Labute approximate surface area is 141 Å². The zero-order valence-electron chi connectivity index (χ0n) is 13.2. The second kappa shape index (κ2) is 6.47. The van der Waals surface area contributed by atoms with Crippen LogP contribution in [0.4, 0.5) is 5.69 Å². The van der Waals surface area contributed by atoms with Gasteiger partial charge in [-0.05, 0) is 36.3 Å². The molecule has 0 radical (unpaired) electrons. The smallest absolute Gasteiger partial charge is 0.258 e. The summed E-state index contributed by atoms with van der Waals surface area (Å²) in [4.78, 5) is 14.6. The highest BCUT2D eigenvalue weighted by Crippen LogP contribution is 2.38. The van der Waals surface area contributed by atoms with Crippen molar-refractivity contribution < 1.29 is 9.53 Å². The third-order valence-electron chi connectivity index (χ3n) is 3.89. The van der Waals surface area contributed by atoms with Gasteiger partial charge in [0.05, 0.1) is 17.8 Å². The summed E-state index contributed by atoms with van der Waals surface area (Å²) < 4.78 is 5.17. The van der Waals surface area contributed by atoms with Crippen molar-refractivity contribution in [2.45, 2.75) is 13.3 Å². The highest BCUT2D eigenvalue weighted by molar-refractivity contribution is 6.36. The van der Waals surface area contributed by atoms with Crippen molar-refractivity contribution in [2.75, 3.05) is 18.6 Å². The van der Waals surface area contributed by atoms with E-state index in [0.717, 1.165) is 29.8 Å². The number of methoxy groups -OCH3 is 1. The molecule has 0 saturated carbocycles. The molecule has 0 saturated heterocycles.